The molecule has 1 aliphatic heterocycles. The van der Waals surface area contributed by atoms with Crippen LogP contribution in [0.25, 0.3) is 0 Å². The number of halogens is 2. The number of rotatable bonds is 5. The van der Waals surface area contributed by atoms with E-state index < -0.39 is 0 Å². The quantitative estimate of drug-likeness (QED) is 0.760. The van der Waals surface area contributed by atoms with Crippen molar-refractivity contribution in [3.8, 4) is 0 Å². The van der Waals surface area contributed by atoms with Crippen molar-refractivity contribution < 1.29 is 4.79 Å². The number of piperidine rings is 1. The molecule has 3 aliphatic rings. The first-order chi connectivity index (χ1) is 11.7. The van der Waals surface area contributed by atoms with Gasteiger partial charge >= 0.3 is 0 Å². The van der Waals surface area contributed by atoms with Crippen molar-refractivity contribution in [1.82, 2.24) is 10.2 Å². The number of hydrogen-bond donors (Lipinski definition) is 1. The Balaban J connectivity index is 0.00000182. The molecule has 3 fully saturated rings. The van der Waals surface area contributed by atoms with Gasteiger partial charge < -0.3 is 10.2 Å². The molecule has 5 heteroatoms. The Kier molecular flexibility index (Phi) is 6.12. The molecule has 138 valence electrons. The fourth-order valence-corrected chi connectivity index (χ4v) is 4.43. The first-order valence-corrected chi connectivity index (χ1v) is 10.3. The maximum Gasteiger partial charge on any atom is 0.233 e. The van der Waals surface area contributed by atoms with Crippen LogP contribution in [0.3, 0.4) is 0 Å². The van der Waals surface area contributed by atoms with E-state index in [2.05, 4.69) is 50.4 Å². The molecule has 0 radical (unpaired) electrons. The van der Waals surface area contributed by atoms with Crippen LogP contribution >= 0.6 is 28.3 Å². The maximum absolute atomic E-state index is 13.3. The highest BCUT2D eigenvalue weighted by atomic mass is 79.9. The molecule has 2 saturated carbocycles. The lowest BCUT2D eigenvalue weighted by Gasteiger charge is -2.45. The molecule has 1 saturated heterocycles. The lowest BCUT2D eigenvalue weighted by Crippen LogP contribution is -2.54. The van der Waals surface area contributed by atoms with E-state index in [4.69, 9.17) is 0 Å². The summed E-state index contributed by atoms with van der Waals surface area (Å²) in [7, 11) is 0. The normalized spacial score (nSPS) is 22.8. The van der Waals surface area contributed by atoms with E-state index >= 15 is 0 Å². The number of likely N-dealkylation sites (tertiary alicyclic amines) is 1. The van der Waals surface area contributed by atoms with Gasteiger partial charge in [-0.1, -0.05) is 34.5 Å². The summed E-state index contributed by atoms with van der Waals surface area (Å²) >= 11 is 3.50. The monoisotopic (exact) mass is 426 g/mol. The van der Waals surface area contributed by atoms with Crippen LogP contribution in [0.4, 0.5) is 0 Å². The van der Waals surface area contributed by atoms with Crippen LogP contribution in [0.1, 0.15) is 50.5 Å². The highest BCUT2D eigenvalue weighted by Gasteiger charge is 2.48. The molecule has 1 N–H and O–H groups in total. The second-order valence-electron chi connectivity index (χ2n) is 7.86. The summed E-state index contributed by atoms with van der Waals surface area (Å²) in [5, 5.41) is 3.70. The standard InChI is InChI=1S/C20H27BrN2O.ClH/c21-17-6-4-16(5-7-17)20(10-1-11-20)19(24)23-12-8-18(9-13-23)22-14-15-2-3-15;/h4-7,15,18,22H,1-3,8-14H2;1H. The Morgan fingerprint density at radius 2 is 1.76 bits per heavy atom. The molecule has 25 heavy (non-hydrogen) atoms. The lowest BCUT2D eigenvalue weighted by molar-refractivity contribution is -0.142. The summed E-state index contributed by atoms with van der Waals surface area (Å²) < 4.78 is 1.08. The maximum atomic E-state index is 13.3. The predicted octanol–water partition coefficient (Wildman–Crippen LogP) is 4.28. The van der Waals surface area contributed by atoms with Crippen LogP contribution in [-0.2, 0) is 10.2 Å². The van der Waals surface area contributed by atoms with Crippen molar-refractivity contribution in [2.45, 2.75) is 56.4 Å². The zero-order valence-electron chi connectivity index (χ0n) is 14.7. The molecule has 1 heterocycles. The fourth-order valence-electron chi connectivity index (χ4n) is 4.17. The van der Waals surface area contributed by atoms with Gasteiger partial charge in [-0.05, 0) is 68.7 Å². The average molecular weight is 428 g/mol. The molecule has 0 bridgehead atoms. The van der Waals surface area contributed by atoms with Crippen LogP contribution in [0.15, 0.2) is 28.7 Å². The van der Waals surface area contributed by atoms with Crippen molar-refractivity contribution in [1.29, 1.82) is 0 Å². The zero-order valence-corrected chi connectivity index (χ0v) is 17.1. The lowest BCUT2D eigenvalue weighted by atomic mass is 9.63. The van der Waals surface area contributed by atoms with Gasteiger partial charge in [0.05, 0.1) is 5.41 Å². The van der Waals surface area contributed by atoms with Gasteiger partial charge in [0.25, 0.3) is 0 Å². The Morgan fingerprint density at radius 1 is 1.12 bits per heavy atom. The number of carbonyl (C=O) groups is 1. The van der Waals surface area contributed by atoms with Gasteiger partial charge in [-0.3, -0.25) is 4.79 Å². The number of carbonyl (C=O) groups excluding carboxylic acids is 1. The molecular weight excluding hydrogens is 400 g/mol. The Hall–Kier alpha value is -0.580. The third-order valence-corrected chi connectivity index (χ3v) is 6.72. The Labute approximate surface area is 165 Å². The number of benzene rings is 1. The molecule has 0 atom stereocenters. The van der Waals surface area contributed by atoms with Crippen LogP contribution < -0.4 is 5.32 Å². The van der Waals surface area contributed by atoms with Crippen molar-refractivity contribution >= 4 is 34.2 Å². The fraction of sp³-hybridized carbons (Fsp3) is 0.650. The Morgan fingerprint density at radius 3 is 2.28 bits per heavy atom. The second kappa shape index (κ2) is 7.98. The third kappa shape index (κ3) is 4.06. The topological polar surface area (TPSA) is 32.3 Å². The van der Waals surface area contributed by atoms with Crippen molar-refractivity contribution in [3.05, 3.63) is 34.3 Å². The molecular formula is C20H28BrClN2O. The van der Waals surface area contributed by atoms with Gasteiger partial charge in [-0.15, -0.1) is 12.4 Å². The minimum atomic E-state index is -0.241. The van der Waals surface area contributed by atoms with Gasteiger partial charge in [-0.25, -0.2) is 0 Å². The Bertz CT molecular complexity index is 590. The summed E-state index contributed by atoms with van der Waals surface area (Å²) in [6.45, 7) is 3.01. The van der Waals surface area contributed by atoms with Crippen LogP contribution in [-0.4, -0.2) is 36.5 Å². The summed E-state index contributed by atoms with van der Waals surface area (Å²) in [5.74, 6) is 1.30. The van der Waals surface area contributed by atoms with Crippen LogP contribution in [0.5, 0.6) is 0 Å². The van der Waals surface area contributed by atoms with Gasteiger partial charge in [0.1, 0.15) is 0 Å². The first-order valence-electron chi connectivity index (χ1n) is 9.46. The zero-order chi connectivity index (χ0) is 16.6. The number of amides is 1. The molecule has 1 amide bonds. The first kappa shape index (κ1) is 19.2. The molecule has 0 aromatic heterocycles. The second-order valence-corrected chi connectivity index (χ2v) is 8.78. The van der Waals surface area contributed by atoms with E-state index in [9.17, 15) is 4.79 Å². The average Bonchev–Trinajstić information content (AvgIpc) is 3.38. The molecule has 0 unspecified atom stereocenters. The molecule has 4 rings (SSSR count). The van der Waals surface area contributed by atoms with Crippen molar-refractivity contribution in [3.63, 3.8) is 0 Å². The van der Waals surface area contributed by atoms with Crippen LogP contribution in [0, 0.1) is 5.92 Å². The van der Waals surface area contributed by atoms with Crippen molar-refractivity contribution in [2.75, 3.05) is 19.6 Å². The predicted molar refractivity (Wildman–Crippen MR) is 107 cm³/mol. The number of nitrogens with zero attached hydrogens (tertiary/aromatic N) is 1. The van der Waals surface area contributed by atoms with Crippen molar-refractivity contribution in [2.24, 2.45) is 5.92 Å². The van der Waals surface area contributed by atoms with Gasteiger partial charge in [-0.2, -0.15) is 0 Å². The molecule has 1 aromatic rings. The SMILES string of the molecule is Cl.O=C(N1CCC(NCC2CC2)CC1)C1(c2ccc(Br)cc2)CCC1. The van der Waals surface area contributed by atoms with E-state index in [1.807, 2.05) is 0 Å². The van der Waals surface area contributed by atoms with Gasteiger partial charge in [0.15, 0.2) is 0 Å². The van der Waals surface area contributed by atoms with E-state index in [1.54, 1.807) is 0 Å². The van der Waals surface area contributed by atoms with Gasteiger partial charge in [0, 0.05) is 23.6 Å². The van der Waals surface area contributed by atoms with E-state index in [0.717, 1.165) is 49.2 Å². The highest BCUT2D eigenvalue weighted by Crippen LogP contribution is 2.45. The van der Waals surface area contributed by atoms with E-state index in [-0.39, 0.29) is 17.8 Å². The molecule has 1 aromatic carbocycles. The largest absolute Gasteiger partial charge is 0.342 e. The van der Waals surface area contributed by atoms with Gasteiger partial charge in [0.2, 0.25) is 5.91 Å². The molecule has 2 aliphatic carbocycles. The molecule has 0 spiro atoms. The molecule has 3 nitrogen and oxygen atoms in total. The highest BCUT2D eigenvalue weighted by molar-refractivity contribution is 9.10. The summed E-state index contributed by atoms with van der Waals surface area (Å²) in [5.41, 5.74) is 0.963. The minimum Gasteiger partial charge on any atom is -0.342 e. The summed E-state index contributed by atoms with van der Waals surface area (Å²) in [4.78, 5) is 15.4. The number of nitrogens with one attached hydrogen (secondary N) is 1. The summed E-state index contributed by atoms with van der Waals surface area (Å²) in [6, 6.07) is 9.00. The van der Waals surface area contributed by atoms with E-state index in [1.165, 1.54) is 31.4 Å². The third-order valence-electron chi connectivity index (χ3n) is 6.19. The smallest absolute Gasteiger partial charge is 0.233 e. The summed E-state index contributed by atoms with van der Waals surface area (Å²) in [6.07, 6.45) is 8.20. The van der Waals surface area contributed by atoms with E-state index in [0.29, 0.717) is 11.9 Å². The number of hydrogen-bond acceptors (Lipinski definition) is 2. The van der Waals surface area contributed by atoms with Crippen LogP contribution in [0.2, 0.25) is 0 Å². The minimum absolute atomic E-state index is 0.